The predicted molar refractivity (Wildman–Crippen MR) is 99.0 cm³/mol. The average Bonchev–Trinajstić information content (AvgIpc) is 2.53. The zero-order valence-corrected chi connectivity index (χ0v) is 14.8. The van der Waals surface area contributed by atoms with Gasteiger partial charge in [-0.15, -0.1) is 11.8 Å². The molecule has 4 heteroatoms. The molecule has 0 amide bonds. The Morgan fingerprint density at radius 2 is 1.83 bits per heavy atom. The Morgan fingerprint density at radius 3 is 2.50 bits per heavy atom. The molecule has 124 valence electrons. The molecular formula is C20H20O3S. The number of thioether (sulfide) groups is 1. The number of hydrogen-bond donors (Lipinski definition) is 1. The summed E-state index contributed by atoms with van der Waals surface area (Å²) in [5.74, 6) is 1.34. The van der Waals surface area contributed by atoms with E-state index in [1.807, 2.05) is 25.1 Å². The number of fused-ring (bicyclic) bond motifs is 1. The van der Waals surface area contributed by atoms with Crippen LogP contribution >= 0.6 is 11.8 Å². The molecule has 0 spiro atoms. The van der Waals surface area contributed by atoms with E-state index in [-0.39, 0.29) is 11.4 Å². The summed E-state index contributed by atoms with van der Waals surface area (Å²) in [6, 6.07) is 12.8. The molecular weight excluding hydrogens is 320 g/mol. The summed E-state index contributed by atoms with van der Waals surface area (Å²) in [6.45, 7) is 6.38. The van der Waals surface area contributed by atoms with Gasteiger partial charge in [0.05, 0.1) is 0 Å². The van der Waals surface area contributed by atoms with Gasteiger partial charge in [0.2, 0.25) is 0 Å². The molecule has 0 atom stereocenters. The first-order valence-electron chi connectivity index (χ1n) is 7.93. The van der Waals surface area contributed by atoms with Crippen LogP contribution in [0.5, 0.6) is 5.75 Å². The molecule has 0 saturated heterocycles. The minimum absolute atomic E-state index is 0.252. The van der Waals surface area contributed by atoms with Gasteiger partial charge in [-0.05, 0) is 65.9 Å². The fourth-order valence-corrected chi connectivity index (χ4v) is 3.73. The Morgan fingerprint density at radius 1 is 1.12 bits per heavy atom. The lowest BCUT2D eigenvalue weighted by Gasteiger charge is -2.13. The SMILES string of the molecule is Cc1cc2oc(=O)cc(CSc3ccc(O)cc3)c2cc1C(C)C. The maximum absolute atomic E-state index is 11.9. The molecule has 0 aliphatic rings. The zero-order chi connectivity index (χ0) is 17.3. The van der Waals surface area contributed by atoms with Crippen molar-refractivity contribution in [3.8, 4) is 5.75 Å². The van der Waals surface area contributed by atoms with E-state index in [2.05, 4.69) is 19.9 Å². The lowest BCUT2D eigenvalue weighted by Crippen LogP contribution is -2.02. The summed E-state index contributed by atoms with van der Waals surface area (Å²) in [5.41, 5.74) is 3.71. The highest BCUT2D eigenvalue weighted by Gasteiger charge is 2.11. The minimum Gasteiger partial charge on any atom is -0.508 e. The fourth-order valence-electron chi connectivity index (χ4n) is 2.84. The second kappa shape index (κ2) is 6.73. The fraction of sp³-hybridized carbons (Fsp3) is 0.250. The van der Waals surface area contributed by atoms with Crippen molar-refractivity contribution >= 4 is 22.7 Å². The molecule has 3 rings (SSSR count). The Balaban J connectivity index is 2.01. The van der Waals surface area contributed by atoms with E-state index in [1.54, 1.807) is 30.0 Å². The zero-order valence-electron chi connectivity index (χ0n) is 14.0. The van der Waals surface area contributed by atoms with Gasteiger partial charge in [-0.25, -0.2) is 4.79 Å². The van der Waals surface area contributed by atoms with Crippen LogP contribution in [0.4, 0.5) is 0 Å². The molecule has 2 aromatic carbocycles. The van der Waals surface area contributed by atoms with Crippen molar-refractivity contribution in [3.63, 3.8) is 0 Å². The maximum atomic E-state index is 11.9. The third-order valence-corrected chi connectivity index (χ3v) is 5.13. The maximum Gasteiger partial charge on any atom is 0.336 e. The Bertz CT molecular complexity index is 924. The van der Waals surface area contributed by atoms with Crippen molar-refractivity contribution in [1.29, 1.82) is 0 Å². The number of benzene rings is 2. The molecule has 0 bridgehead atoms. The van der Waals surface area contributed by atoms with E-state index >= 15 is 0 Å². The van der Waals surface area contributed by atoms with Gasteiger partial charge in [-0.2, -0.15) is 0 Å². The first-order chi connectivity index (χ1) is 11.4. The molecule has 3 nitrogen and oxygen atoms in total. The van der Waals surface area contributed by atoms with E-state index < -0.39 is 0 Å². The van der Waals surface area contributed by atoms with E-state index in [9.17, 15) is 9.90 Å². The topological polar surface area (TPSA) is 50.4 Å². The summed E-state index contributed by atoms with van der Waals surface area (Å²) < 4.78 is 5.39. The van der Waals surface area contributed by atoms with Gasteiger partial charge >= 0.3 is 5.63 Å². The summed E-state index contributed by atoms with van der Waals surface area (Å²) in [4.78, 5) is 12.9. The quantitative estimate of drug-likeness (QED) is 0.522. The number of phenols is 1. The largest absolute Gasteiger partial charge is 0.508 e. The van der Waals surface area contributed by atoms with Gasteiger partial charge in [0.15, 0.2) is 0 Å². The van der Waals surface area contributed by atoms with Crippen molar-refractivity contribution in [2.24, 2.45) is 0 Å². The predicted octanol–water partition coefficient (Wildman–Crippen LogP) is 5.22. The Kier molecular flexibility index (Phi) is 4.67. The second-order valence-electron chi connectivity index (χ2n) is 6.23. The first kappa shape index (κ1) is 16.7. The molecule has 0 radical (unpaired) electrons. The number of hydrogen-bond acceptors (Lipinski definition) is 4. The van der Waals surface area contributed by atoms with Gasteiger partial charge in [-0.3, -0.25) is 0 Å². The van der Waals surface area contributed by atoms with E-state index in [0.717, 1.165) is 21.4 Å². The molecule has 0 aliphatic carbocycles. The lowest BCUT2D eigenvalue weighted by atomic mass is 9.95. The van der Waals surface area contributed by atoms with E-state index in [4.69, 9.17) is 4.42 Å². The average molecular weight is 340 g/mol. The number of aryl methyl sites for hydroxylation is 1. The summed E-state index contributed by atoms with van der Waals surface area (Å²) >= 11 is 1.63. The highest BCUT2D eigenvalue weighted by Crippen LogP contribution is 2.30. The molecule has 0 unspecified atom stereocenters. The minimum atomic E-state index is -0.319. The van der Waals surface area contributed by atoms with Crippen LogP contribution in [0.2, 0.25) is 0 Å². The Labute approximate surface area is 145 Å². The molecule has 1 N–H and O–H groups in total. The third-order valence-electron chi connectivity index (χ3n) is 4.07. The van der Waals surface area contributed by atoms with Crippen LogP contribution in [0.3, 0.4) is 0 Å². The molecule has 0 fully saturated rings. The van der Waals surface area contributed by atoms with Crippen molar-refractivity contribution < 1.29 is 9.52 Å². The highest BCUT2D eigenvalue weighted by atomic mass is 32.2. The van der Waals surface area contributed by atoms with Gasteiger partial charge < -0.3 is 9.52 Å². The van der Waals surface area contributed by atoms with Gasteiger partial charge in [0.1, 0.15) is 11.3 Å². The van der Waals surface area contributed by atoms with Crippen molar-refractivity contribution in [1.82, 2.24) is 0 Å². The smallest absolute Gasteiger partial charge is 0.336 e. The molecule has 24 heavy (non-hydrogen) atoms. The van der Waals surface area contributed by atoms with Crippen LogP contribution in [0.1, 0.15) is 36.5 Å². The first-order valence-corrected chi connectivity index (χ1v) is 8.91. The number of rotatable bonds is 4. The Hall–Kier alpha value is -2.20. The third kappa shape index (κ3) is 3.49. The molecule has 1 heterocycles. The van der Waals surface area contributed by atoms with E-state index in [0.29, 0.717) is 17.3 Å². The van der Waals surface area contributed by atoms with Crippen LogP contribution in [0.15, 0.2) is 56.6 Å². The number of phenolic OH excluding ortho intramolecular Hbond substituents is 1. The van der Waals surface area contributed by atoms with Crippen LogP contribution in [-0.2, 0) is 5.75 Å². The van der Waals surface area contributed by atoms with Crippen molar-refractivity contribution in [3.05, 3.63) is 69.6 Å². The van der Waals surface area contributed by atoms with Gasteiger partial charge in [-0.1, -0.05) is 13.8 Å². The highest BCUT2D eigenvalue weighted by molar-refractivity contribution is 7.98. The van der Waals surface area contributed by atoms with Crippen LogP contribution in [-0.4, -0.2) is 5.11 Å². The summed E-state index contributed by atoms with van der Waals surface area (Å²) in [6.07, 6.45) is 0. The van der Waals surface area contributed by atoms with Crippen molar-refractivity contribution in [2.45, 2.75) is 37.3 Å². The van der Waals surface area contributed by atoms with Crippen molar-refractivity contribution in [2.75, 3.05) is 0 Å². The van der Waals surface area contributed by atoms with Crippen LogP contribution in [0, 0.1) is 6.92 Å². The van der Waals surface area contributed by atoms with Crippen LogP contribution in [0.25, 0.3) is 11.0 Å². The summed E-state index contributed by atoms with van der Waals surface area (Å²) in [7, 11) is 0. The molecule has 0 aliphatic heterocycles. The molecule has 1 aromatic heterocycles. The van der Waals surface area contributed by atoms with E-state index in [1.165, 1.54) is 5.56 Å². The standard InChI is InChI=1S/C20H20O3S/c1-12(2)17-10-18-14(9-20(22)23-19(18)8-13(17)3)11-24-16-6-4-15(21)5-7-16/h4-10,12,21H,11H2,1-3H3. The normalized spacial score (nSPS) is 11.3. The van der Waals surface area contributed by atoms with Crippen LogP contribution < -0.4 is 5.63 Å². The number of aromatic hydroxyl groups is 1. The van der Waals surface area contributed by atoms with Gasteiger partial charge in [0, 0.05) is 22.1 Å². The molecule has 0 saturated carbocycles. The molecule has 3 aromatic rings. The van der Waals surface area contributed by atoms with Gasteiger partial charge in [0.25, 0.3) is 0 Å². The lowest BCUT2D eigenvalue weighted by molar-refractivity contribution is 0.475. The summed E-state index contributed by atoms with van der Waals surface area (Å²) in [5, 5.41) is 10.4. The second-order valence-corrected chi connectivity index (χ2v) is 7.28. The monoisotopic (exact) mass is 340 g/mol.